The highest BCUT2D eigenvalue weighted by Gasteiger charge is 2.62. The van der Waals surface area contributed by atoms with Gasteiger partial charge in [0.15, 0.2) is 0 Å². The Hall–Kier alpha value is -1.64. The molecule has 5 unspecified atom stereocenters. The third kappa shape index (κ3) is 5.58. The van der Waals surface area contributed by atoms with Crippen LogP contribution in [0.25, 0.3) is 0 Å². The molecule has 0 saturated heterocycles. The largest absolute Gasteiger partial charge is 0.393 e. The predicted molar refractivity (Wildman–Crippen MR) is 161 cm³/mol. The van der Waals surface area contributed by atoms with Crippen molar-refractivity contribution in [1.29, 1.82) is 0 Å². The molecule has 41 heavy (non-hydrogen) atoms. The van der Waals surface area contributed by atoms with Gasteiger partial charge in [-0.25, -0.2) is 17.9 Å². The second-order valence-electron chi connectivity index (χ2n) is 15.5. The number of fused-ring (bicyclic) bond motifs is 5. The van der Waals surface area contributed by atoms with E-state index in [9.17, 15) is 23.4 Å². The van der Waals surface area contributed by atoms with Gasteiger partial charge in [0.1, 0.15) is 0 Å². The van der Waals surface area contributed by atoms with Gasteiger partial charge in [-0.15, -0.1) is 0 Å². The number of rotatable bonds is 5. The Morgan fingerprint density at radius 1 is 0.976 bits per heavy atom. The van der Waals surface area contributed by atoms with E-state index in [2.05, 4.69) is 51.6 Å². The fraction of sp³-hybridized carbons (Fsp3) is 0.788. The zero-order valence-electron chi connectivity index (χ0n) is 25.8. The van der Waals surface area contributed by atoms with Gasteiger partial charge < -0.3 is 15.5 Å². The van der Waals surface area contributed by atoms with E-state index in [0.29, 0.717) is 36.1 Å². The first kappa shape index (κ1) is 30.8. The molecule has 0 spiro atoms. The smallest absolute Gasteiger partial charge is 0.328 e. The number of benzene rings is 1. The molecule has 0 radical (unpaired) electrons. The standard InChI is InChI=1S/C33H52N2O5S/c1-20(19-34-30(38)35-41(39,40)24-9-7-21(8-10-24)31(2,3)4)25-11-12-26-29-27(14-16-33(25,26)6)32(5)15-13-23(36)17-22(32)18-28(29)37/h7-10,20,22-23,25-29,36-37H,11-19H2,1-6H3,(H2,34,35,38)/t20-,22?,23-,25-,26?,27?,28-,29?,32+,33?/m1/s1. The van der Waals surface area contributed by atoms with Crippen molar-refractivity contribution in [3.8, 4) is 0 Å². The maximum atomic E-state index is 12.8. The summed E-state index contributed by atoms with van der Waals surface area (Å²) in [4.78, 5) is 12.8. The number of hydrogen-bond donors (Lipinski definition) is 4. The Morgan fingerprint density at radius 2 is 1.61 bits per heavy atom. The molecule has 10 atom stereocenters. The van der Waals surface area contributed by atoms with E-state index < -0.39 is 16.1 Å². The van der Waals surface area contributed by atoms with Crippen LogP contribution in [-0.2, 0) is 15.4 Å². The van der Waals surface area contributed by atoms with Crippen molar-refractivity contribution in [2.24, 2.45) is 46.3 Å². The first-order valence-corrected chi connectivity index (χ1v) is 17.3. The quantitative estimate of drug-likeness (QED) is 0.358. The molecule has 8 heteroatoms. The molecule has 2 amide bonds. The highest BCUT2D eigenvalue weighted by atomic mass is 32.2. The number of hydrogen-bond acceptors (Lipinski definition) is 5. The lowest BCUT2D eigenvalue weighted by molar-refractivity contribution is -0.174. The van der Waals surface area contributed by atoms with Crippen LogP contribution in [0.5, 0.6) is 0 Å². The maximum Gasteiger partial charge on any atom is 0.328 e. The van der Waals surface area contributed by atoms with Crippen molar-refractivity contribution in [1.82, 2.24) is 10.0 Å². The number of nitrogens with one attached hydrogen (secondary N) is 2. The molecule has 0 aromatic heterocycles. The minimum Gasteiger partial charge on any atom is -0.393 e. The van der Waals surface area contributed by atoms with E-state index in [0.717, 1.165) is 56.9 Å². The summed E-state index contributed by atoms with van der Waals surface area (Å²) in [6.45, 7) is 13.6. The highest BCUT2D eigenvalue weighted by molar-refractivity contribution is 7.90. The van der Waals surface area contributed by atoms with Crippen molar-refractivity contribution >= 4 is 16.1 Å². The lowest BCUT2D eigenvalue weighted by atomic mass is 9.43. The Labute approximate surface area is 247 Å². The van der Waals surface area contributed by atoms with E-state index in [-0.39, 0.29) is 39.3 Å². The number of sulfonamides is 1. The van der Waals surface area contributed by atoms with Gasteiger partial charge in [-0.2, -0.15) is 0 Å². The summed E-state index contributed by atoms with van der Waals surface area (Å²) >= 11 is 0. The second kappa shape index (κ2) is 10.8. The summed E-state index contributed by atoms with van der Waals surface area (Å²) in [5, 5.41) is 24.6. The van der Waals surface area contributed by atoms with Crippen LogP contribution in [0.4, 0.5) is 4.79 Å². The molecule has 5 rings (SSSR count). The number of carbonyl (C=O) groups is 1. The van der Waals surface area contributed by atoms with Gasteiger partial charge in [0, 0.05) is 6.54 Å². The molecule has 4 saturated carbocycles. The van der Waals surface area contributed by atoms with Crippen LogP contribution in [-0.4, -0.2) is 43.4 Å². The van der Waals surface area contributed by atoms with Gasteiger partial charge in [-0.1, -0.05) is 53.7 Å². The average molecular weight is 589 g/mol. The molecule has 1 aromatic rings. The van der Waals surface area contributed by atoms with E-state index in [1.807, 2.05) is 0 Å². The molecule has 1 aromatic carbocycles. The number of amides is 2. The van der Waals surface area contributed by atoms with Crippen molar-refractivity contribution in [3.63, 3.8) is 0 Å². The summed E-state index contributed by atoms with van der Waals surface area (Å²) in [6.07, 6.45) is 7.41. The minimum absolute atomic E-state index is 0.0750. The van der Waals surface area contributed by atoms with Crippen LogP contribution in [0.15, 0.2) is 29.2 Å². The van der Waals surface area contributed by atoms with Gasteiger partial charge in [-0.05, 0) is 121 Å². The van der Waals surface area contributed by atoms with Gasteiger partial charge >= 0.3 is 6.03 Å². The second-order valence-corrected chi connectivity index (χ2v) is 17.2. The van der Waals surface area contributed by atoms with Crippen LogP contribution >= 0.6 is 0 Å². The van der Waals surface area contributed by atoms with E-state index >= 15 is 0 Å². The van der Waals surface area contributed by atoms with Crippen molar-refractivity contribution in [2.45, 2.75) is 115 Å². The van der Waals surface area contributed by atoms with E-state index in [1.165, 1.54) is 0 Å². The maximum absolute atomic E-state index is 12.8. The predicted octanol–water partition coefficient (Wildman–Crippen LogP) is 5.60. The third-order valence-electron chi connectivity index (χ3n) is 12.3. The zero-order chi connectivity index (χ0) is 30.0. The third-order valence-corrected chi connectivity index (χ3v) is 13.6. The molecule has 4 aliphatic carbocycles. The SMILES string of the molecule is C[C@H](CNC(=O)NS(=O)(=O)c1ccc(C(C)(C)C)cc1)[C@H]1CCC2C3C(CCC21C)[C@@]1(C)CC[C@@H](O)CC1C[C@H]3O. The van der Waals surface area contributed by atoms with Crippen molar-refractivity contribution in [3.05, 3.63) is 29.8 Å². The molecule has 4 N–H and O–H groups in total. The fourth-order valence-electron chi connectivity index (χ4n) is 9.92. The van der Waals surface area contributed by atoms with Crippen LogP contribution < -0.4 is 10.0 Å². The van der Waals surface area contributed by atoms with Gasteiger partial charge in [0.25, 0.3) is 10.0 Å². The summed E-state index contributed by atoms with van der Waals surface area (Å²) in [5.41, 5.74) is 1.23. The fourth-order valence-corrected chi connectivity index (χ4v) is 10.9. The highest BCUT2D eigenvalue weighted by Crippen LogP contribution is 2.68. The normalized spacial score (nSPS) is 39.7. The van der Waals surface area contributed by atoms with Crippen LogP contribution in [0.1, 0.15) is 98.5 Å². The first-order chi connectivity index (χ1) is 19.1. The Kier molecular flexibility index (Phi) is 8.13. The molecule has 0 aliphatic heterocycles. The molecule has 4 aliphatic rings. The Balaban J connectivity index is 1.21. The van der Waals surface area contributed by atoms with Crippen molar-refractivity contribution in [2.75, 3.05) is 6.54 Å². The minimum atomic E-state index is -3.96. The van der Waals surface area contributed by atoms with Gasteiger partial charge in [0.2, 0.25) is 0 Å². The molecule has 4 fully saturated rings. The molecule has 0 bridgehead atoms. The molecular formula is C33H52N2O5S. The molecule has 0 heterocycles. The topological polar surface area (TPSA) is 116 Å². The molecule has 7 nitrogen and oxygen atoms in total. The van der Waals surface area contributed by atoms with Crippen LogP contribution in [0, 0.1) is 46.3 Å². The summed E-state index contributed by atoms with van der Waals surface area (Å²) in [6, 6.07) is 5.99. The summed E-state index contributed by atoms with van der Waals surface area (Å²) < 4.78 is 27.9. The van der Waals surface area contributed by atoms with Gasteiger partial charge in [0.05, 0.1) is 17.1 Å². The zero-order valence-corrected chi connectivity index (χ0v) is 26.6. The van der Waals surface area contributed by atoms with E-state index in [4.69, 9.17) is 0 Å². The number of urea groups is 1. The lowest BCUT2D eigenvalue weighted by Crippen LogP contribution is -2.58. The van der Waals surface area contributed by atoms with E-state index in [1.54, 1.807) is 24.3 Å². The Morgan fingerprint density at radius 3 is 2.27 bits per heavy atom. The summed E-state index contributed by atoms with van der Waals surface area (Å²) in [5.74, 6) is 2.25. The molecule has 230 valence electrons. The number of carbonyl (C=O) groups excluding carboxylic acids is 1. The van der Waals surface area contributed by atoms with Crippen molar-refractivity contribution < 1.29 is 23.4 Å². The van der Waals surface area contributed by atoms with Gasteiger partial charge in [-0.3, -0.25) is 0 Å². The first-order valence-electron chi connectivity index (χ1n) is 15.8. The lowest BCUT2D eigenvalue weighted by Gasteiger charge is -2.62. The van der Waals surface area contributed by atoms with Crippen LogP contribution in [0.3, 0.4) is 0 Å². The molecular weight excluding hydrogens is 536 g/mol. The monoisotopic (exact) mass is 588 g/mol. The summed E-state index contributed by atoms with van der Waals surface area (Å²) in [7, 11) is -3.96. The number of aliphatic hydroxyl groups excluding tert-OH is 2. The average Bonchev–Trinajstić information content (AvgIpc) is 3.25. The number of aliphatic hydroxyl groups is 2. The Bertz CT molecular complexity index is 1230. The van der Waals surface area contributed by atoms with Crippen LogP contribution in [0.2, 0.25) is 0 Å².